The van der Waals surface area contributed by atoms with Crippen LogP contribution in [-0.2, 0) is 9.63 Å². The van der Waals surface area contributed by atoms with Crippen LogP contribution in [0.5, 0.6) is 0 Å². The number of nitrogens with zero attached hydrogens (tertiary/aromatic N) is 1. The van der Waals surface area contributed by atoms with Crippen molar-refractivity contribution in [2.45, 2.75) is 44.9 Å². The quantitative estimate of drug-likeness (QED) is 0.343. The fraction of sp³-hybridized carbons (Fsp3) is 0.444. The number of halogens is 1. The molecule has 1 unspecified atom stereocenters. The summed E-state index contributed by atoms with van der Waals surface area (Å²) in [6.07, 6.45) is 3.94. The number of hydrogen-bond donors (Lipinski definition) is 2. The Morgan fingerprint density at radius 3 is 2.96 bits per heavy atom. The van der Waals surface area contributed by atoms with Crippen LogP contribution in [0.1, 0.15) is 50.5 Å². The van der Waals surface area contributed by atoms with Crippen molar-refractivity contribution in [1.82, 2.24) is 0 Å². The largest absolute Gasteiger partial charge is 0.512 e. The minimum atomic E-state index is -0.398. The second-order valence-electron chi connectivity index (χ2n) is 5.83. The summed E-state index contributed by atoms with van der Waals surface area (Å²) in [5.41, 5.74) is 6.98. The van der Waals surface area contributed by atoms with Crippen LogP contribution in [0.2, 0.25) is 0 Å². The fourth-order valence-electron chi connectivity index (χ4n) is 2.87. The number of allylic oxidation sites excluding steroid dienone is 2. The van der Waals surface area contributed by atoms with Crippen molar-refractivity contribution in [3.8, 4) is 0 Å². The topological polar surface area (TPSA) is 84.9 Å². The highest BCUT2D eigenvalue weighted by atomic mass is 19.1. The van der Waals surface area contributed by atoms with Crippen molar-refractivity contribution >= 4 is 17.7 Å². The van der Waals surface area contributed by atoms with E-state index >= 15 is 0 Å². The minimum Gasteiger partial charge on any atom is -0.512 e. The number of carbonyl (C=O) groups is 1. The van der Waals surface area contributed by atoms with Crippen molar-refractivity contribution < 1.29 is 19.1 Å². The Kier molecular flexibility index (Phi) is 6.35. The SMILES string of the molecule is CCON=CCCCC1=C(O)CC(c2cc(N)ccc2F)CC1=O. The van der Waals surface area contributed by atoms with Gasteiger partial charge in [-0.25, -0.2) is 4.39 Å². The lowest BCUT2D eigenvalue weighted by Crippen LogP contribution is -2.19. The first-order chi connectivity index (χ1) is 11.5. The van der Waals surface area contributed by atoms with E-state index in [-0.39, 0.29) is 30.3 Å². The third-order valence-electron chi connectivity index (χ3n) is 4.05. The zero-order valence-electron chi connectivity index (χ0n) is 13.8. The van der Waals surface area contributed by atoms with Gasteiger partial charge in [-0.2, -0.15) is 0 Å². The van der Waals surface area contributed by atoms with E-state index in [0.717, 1.165) is 0 Å². The number of ketones is 1. The summed E-state index contributed by atoms with van der Waals surface area (Å²) in [5, 5.41) is 14.0. The Morgan fingerprint density at radius 1 is 1.46 bits per heavy atom. The van der Waals surface area contributed by atoms with Gasteiger partial charge in [0.2, 0.25) is 0 Å². The molecule has 0 fully saturated rings. The van der Waals surface area contributed by atoms with Crippen LogP contribution < -0.4 is 5.73 Å². The van der Waals surface area contributed by atoms with E-state index < -0.39 is 5.82 Å². The first-order valence-corrected chi connectivity index (χ1v) is 8.15. The Balaban J connectivity index is 2.01. The molecule has 6 heteroatoms. The number of Topliss-reactive ketones (excluding diaryl/α,β-unsaturated/α-hetero) is 1. The predicted molar refractivity (Wildman–Crippen MR) is 91.4 cm³/mol. The van der Waals surface area contributed by atoms with E-state index in [1.165, 1.54) is 18.2 Å². The van der Waals surface area contributed by atoms with Gasteiger partial charge in [0.1, 0.15) is 12.4 Å². The average molecular weight is 334 g/mol. The molecule has 0 saturated carbocycles. The molecule has 24 heavy (non-hydrogen) atoms. The van der Waals surface area contributed by atoms with Crippen LogP contribution in [0, 0.1) is 5.82 Å². The second-order valence-corrected chi connectivity index (χ2v) is 5.83. The lowest BCUT2D eigenvalue weighted by atomic mass is 9.81. The predicted octanol–water partition coefficient (Wildman–Crippen LogP) is 3.86. The summed E-state index contributed by atoms with van der Waals surface area (Å²) in [7, 11) is 0. The molecule has 0 aliphatic heterocycles. The molecule has 0 aromatic heterocycles. The zero-order chi connectivity index (χ0) is 17.5. The average Bonchev–Trinajstić information content (AvgIpc) is 2.55. The molecule has 0 saturated heterocycles. The number of nitrogen functional groups attached to an aromatic ring is 1. The summed E-state index contributed by atoms with van der Waals surface area (Å²) in [6.45, 7) is 2.36. The van der Waals surface area contributed by atoms with Crippen LogP contribution in [0.4, 0.5) is 10.1 Å². The molecule has 2 rings (SSSR count). The number of hydrogen-bond acceptors (Lipinski definition) is 5. The molecule has 3 N–H and O–H groups in total. The highest BCUT2D eigenvalue weighted by Crippen LogP contribution is 2.36. The number of nitrogens with two attached hydrogens (primary N) is 1. The Morgan fingerprint density at radius 2 is 2.25 bits per heavy atom. The summed E-state index contributed by atoms with van der Waals surface area (Å²) >= 11 is 0. The zero-order valence-corrected chi connectivity index (χ0v) is 13.8. The number of unbranched alkanes of at least 4 members (excludes halogenated alkanes) is 1. The first-order valence-electron chi connectivity index (χ1n) is 8.15. The normalized spacial score (nSPS) is 18.4. The number of rotatable bonds is 7. The molecule has 0 radical (unpaired) electrons. The number of oxime groups is 1. The molecular formula is C18H23FN2O3. The molecule has 1 aromatic carbocycles. The highest BCUT2D eigenvalue weighted by molar-refractivity contribution is 5.97. The van der Waals surface area contributed by atoms with E-state index in [9.17, 15) is 14.3 Å². The number of carbonyl (C=O) groups excluding carboxylic acids is 1. The highest BCUT2D eigenvalue weighted by Gasteiger charge is 2.29. The Labute approximate surface area is 141 Å². The molecule has 0 bridgehead atoms. The van der Waals surface area contributed by atoms with Gasteiger partial charge in [-0.1, -0.05) is 5.16 Å². The van der Waals surface area contributed by atoms with Crippen molar-refractivity contribution in [3.63, 3.8) is 0 Å². The van der Waals surface area contributed by atoms with Crippen molar-refractivity contribution in [2.24, 2.45) is 5.16 Å². The molecule has 1 aliphatic carbocycles. The fourth-order valence-corrected chi connectivity index (χ4v) is 2.87. The maximum atomic E-state index is 14.0. The van der Waals surface area contributed by atoms with Crippen LogP contribution in [0.3, 0.4) is 0 Å². The molecule has 0 heterocycles. The van der Waals surface area contributed by atoms with Gasteiger partial charge in [0.15, 0.2) is 5.78 Å². The first kappa shape index (κ1) is 18.0. The molecule has 1 aliphatic rings. The third-order valence-corrected chi connectivity index (χ3v) is 4.05. The number of benzene rings is 1. The van der Waals surface area contributed by atoms with Gasteiger partial charge in [-0.05, 0) is 49.9 Å². The summed E-state index contributed by atoms with van der Waals surface area (Å²) in [5.74, 6) is -0.846. The lowest BCUT2D eigenvalue weighted by molar-refractivity contribution is -0.116. The van der Waals surface area contributed by atoms with Gasteiger partial charge in [0, 0.05) is 36.2 Å². The van der Waals surface area contributed by atoms with Gasteiger partial charge < -0.3 is 15.7 Å². The molecule has 0 spiro atoms. The van der Waals surface area contributed by atoms with Gasteiger partial charge in [0.05, 0.1) is 5.76 Å². The van der Waals surface area contributed by atoms with E-state index in [4.69, 9.17) is 10.6 Å². The molecule has 0 amide bonds. The number of aliphatic hydroxyl groups is 1. The van der Waals surface area contributed by atoms with E-state index in [1.54, 1.807) is 6.21 Å². The number of anilines is 1. The lowest BCUT2D eigenvalue weighted by Gasteiger charge is -2.24. The summed E-state index contributed by atoms with van der Waals surface area (Å²) in [4.78, 5) is 17.2. The van der Waals surface area contributed by atoms with E-state index in [2.05, 4.69) is 5.16 Å². The Hall–Kier alpha value is -2.37. The van der Waals surface area contributed by atoms with E-state index in [0.29, 0.717) is 42.7 Å². The summed E-state index contributed by atoms with van der Waals surface area (Å²) < 4.78 is 14.0. The van der Waals surface area contributed by atoms with Crippen LogP contribution >= 0.6 is 0 Å². The monoisotopic (exact) mass is 334 g/mol. The minimum absolute atomic E-state index is 0.0554. The third kappa shape index (κ3) is 4.57. The molecule has 1 atom stereocenters. The van der Waals surface area contributed by atoms with Gasteiger partial charge in [0.25, 0.3) is 0 Å². The van der Waals surface area contributed by atoms with Gasteiger partial charge in [-0.3, -0.25) is 4.79 Å². The van der Waals surface area contributed by atoms with E-state index in [1.807, 2.05) is 6.92 Å². The maximum Gasteiger partial charge on any atom is 0.162 e. The molecular weight excluding hydrogens is 311 g/mol. The molecule has 5 nitrogen and oxygen atoms in total. The van der Waals surface area contributed by atoms with Gasteiger partial charge in [-0.15, -0.1) is 0 Å². The Bertz CT molecular complexity index is 656. The van der Waals surface area contributed by atoms with Crippen LogP contribution in [-0.4, -0.2) is 23.7 Å². The van der Waals surface area contributed by atoms with Crippen LogP contribution in [0.15, 0.2) is 34.7 Å². The molecule has 1 aromatic rings. The maximum absolute atomic E-state index is 14.0. The van der Waals surface area contributed by atoms with Crippen LogP contribution in [0.25, 0.3) is 0 Å². The molecule has 130 valence electrons. The van der Waals surface area contributed by atoms with Crippen molar-refractivity contribution in [1.29, 1.82) is 0 Å². The van der Waals surface area contributed by atoms with Crippen molar-refractivity contribution in [3.05, 3.63) is 40.9 Å². The number of aliphatic hydroxyl groups excluding tert-OH is 1. The van der Waals surface area contributed by atoms with Crippen molar-refractivity contribution in [2.75, 3.05) is 12.3 Å². The van der Waals surface area contributed by atoms with Gasteiger partial charge >= 0.3 is 0 Å². The second kappa shape index (κ2) is 8.47. The smallest absolute Gasteiger partial charge is 0.162 e. The summed E-state index contributed by atoms with van der Waals surface area (Å²) in [6, 6.07) is 4.31. The standard InChI is InChI=1S/C18H23FN2O3/c1-2-24-21-8-4-3-5-14-17(22)9-12(10-18(14)23)15-11-13(20)6-7-16(15)19/h6-8,11-12,22H,2-5,9-10,20H2,1H3.